The van der Waals surface area contributed by atoms with Crippen molar-refractivity contribution in [1.82, 2.24) is 5.32 Å². The number of ether oxygens (including phenoxy) is 1. The molecule has 2 aromatic rings. The van der Waals surface area contributed by atoms with Gasteiger partial charge in [0.1, 0.15) is 11.9 Å². The molecule has 0 bridgehead atoms. The summed E-state index contributed by atoms with van der Waals surface area (Å²) in [6.07, 6.45) is 1.50. The standard InChI is InChI=1S/C14H15BrFNO2/c1-10(8-17-9-12-3-2-6-18-12)19-14-5-4-11(15)7-13(14)16/h2-7,10,17H,8-9H2,1H3. The van der Waals surface area contributed by atoms with Crippen LogP contribution >= 0.6 is 15.9 Å². The SMILES string of the molecule is CC(CNCc1ccco1)Oc1ccc(Br)cc1F. The zero-order valence-electron chi connectivity index (χ0n) is 10.5. The van der Waals surface area contributed by atoms with Crippen LogP contribution in [0, 0.1) is 5.82 Å². The molecule has 5 heteroatoms. The second kappa shape index (κ2) is 6.73. The average molecular weight is 328 g/mol. The quantitative estimate of drug-likeness (QED) is 0.877. The number of nitrogens with one attached hydrogen (secondary N) is 1. The maximum absolute atomic E-state index is 13.6. The molecule has 1 aromatic carbocycles. The largest absolute Gasteiger partial charge is 0.486 e. The molecule has 0 spiro atoms. The van der Waals surface area contributed by atoms with Crippen LogP contribution in [0.2, 0.25) is 0 Å². The van der Waals surface area contributed by atoms with Crippen molar-refractivity contribution in [2.75, 3.05) is 6.54 Å². The van der Waals surface area contributed by atoms with Crippen molar-refractivity contribution in [2.45, 2.75) is 19.6 Å². The van der Waals surface area contributed by atoms with Crippen LogP contribution in [0.4, 0.5) is 4.39 Å². The molecule has 1 unspecified atom stereocenters. The fourth-order valence-corrected chi connectivity index (χ4v) is 1.97. The van der Waals surface area contributed by atoms with E-state index in [4.69, 9.17) is 9.15 Å². The van der Waals surface area contributed by atoms with Crippen molar-refractivity contribution in [3.63, 3.8) is 0 Å². The van der Waals surface area contributed by atoms with Crippen LogP contribution in [0.1, 0.15) is 12.7 Å². The van der Waals surface area contributed by atoms with Crippen LogP contribution in [0.25, 0.3) is 0 Å². The van der Waals surface area contributed by atoms with Gasteiger partial charge in [-0.3, -0.25) is 0 Å². The molecule has 1 aromatic heterocycles. The third-order valence-corrected chi connectivity index (χ3v) is 3.03. The van der Waals surface area contributed by atoms with Gasteiger partial charge in [0.25, 0.3) is 0 Å². The van der Waals surface area contributed by atoms with Gasteiger partial charge >= 0.3 is 0 Å². The molecule has 1 atom stereocenters. The fraction of sp³-hybridized carbons (Fsp3) is 0.286. The molecular formula is C14H15BrFNO2. The molecule has 0 aliphatic heterocycles. The lowest BCUT2D eigenvalue weighted by molar-refractivity contribution is 0.206. The Morgan fingerprint density at radius 3 is 2.95 bits per heavy atom. The molecule has 0 aliphatic carbocycles. The van der Waals surface area contributed by atoms with E-state index in [0.29, 0.717) is 17.6 Å². The minimum atomic E-state index is -0.368. The number of furan rings is 1. The molecule has 0 saturated heterocycles. The number of hydrogen-bond donors (Lipinski definition) is 1. The first-order valence-electron chi connectivity index (χ1n) is 6.00. The van der Waals surface area contributed by atoms with E-state index >= 15 is 0 Å². The van der Waals surface area contributed by atoms with E-state index in [1.165, 1.54) is 6.07 Å². The summed E-state index contributed by atoms with van der Waals surface area (Å²) in [6, 6.07) is 8.49. The lowest BCUT2D eigenvalue weighted by Crippen LogP contribution is -2.28. The highest BCUT2D eigenvalue weighted by atomic mass is 79.9. The summed E-state index contributed by atoms with van der Waals surface area (Å²) in [6.45, 7) is 3.12. The first-order chi connectivity index (χ1) is 9.15. The predicted octanol–water partition coefficient (Wildman–Crippen LogP) is 3.74. The Labute approximate surface area is 119 Å². The smallest absolute Gasteiger partial charge is 0.166 e. The monoisotopic (exact) mass is 327 g/mol. The molecule has 0 radical (unpaired) electrons. The van der Waals surface area contributed by atoms with E-state index in [-0.39, 0.29) is 17.7 Å². The van der Waals surface area contributed by atoms with Gasteiger partial charge in [0.2, 0.25) is 0 Å². The zero-order chi connectivity index (χ0) is 13.7. The summed E-state index contributed by atoms with van der Waals surface area (Å²) in [5.41, 5.74) is 0. The second-order valence-electron chi connectivity index (χ2n) is 4.21. The van der Waals surface area contributed by atoms with E-state index in [0.717, 1.165) is 5.76 Å². The van der Waals surface area contributed by atoms with E-state index in [1.54, 1.807) is 18.4 Å². The molecule has 0 saturated carbocycles. The van der Waals surface area contributed by atoms with Gasteiger partial charge < -0.3 is 14.5 Å². The van der Waals surface area contributed by atoms with Crippen LogP contribution in [0.15, 0.2) is 45.5 Å². The van der Waals surface area contributed by atoms with Crippen molar-refractivity contribution >= 4 is 15.9 Å². The number of hydrogen-bond acceptors (Lipinski definition) is 3. The van der Waals surface area contributed by atoms with Crippen molar-refractivity contribution < 1.29 is 13.5 Å². The van der Waals surface area contributed by atoms with Crippen molar-refractivity contribution in [3.8, 4) is 5.75 Å². The van der Waals surface area contributed by atoms with Crippen LogP contribution in [0.5, 0.6) is 5.75 Å². The number of halogens is 2. The molecular weight excluding hydrogens is 313 g/mol. The molecule has 3 nitrogen and oxygen atoms in total. The first kappa shape index (κ1) is 14.1. The predicted molar refractivity (Wildman–Crippen MR) is 74.6 cm³/mol. The van der Waals surface area contributed by atoms with Gasteiger partial charge in [0.15, 0.2) is 11.6 Å². The summed E-state index contributed by atoms with van der Waals surface area (Å²) in [4.78, 5) is 0. The lowest BCUT2D eigenvalue weighted by atomic mass is 10.3. The van der Waals surface area contributed by atoms with Crippen LogP contribution in [-0.2, 0) is 6.54 Å². The van der Waals surface area contributed by atoms with E-state index in [9.17, 15) is 4.39 Å². The van der Waals surface area contributed by atoms with Crippen LogP contribution in [0.3, 0.4) is 0 Å². The Morgan fingerprint density at radius 2 is 2.26 bits per heavy atom. The molecule has 0 fully saturated rings. The summed E-state index contributed by atoms with van der Waals surface area (Å²) in [5, 5.41) is 3.19. The lowest BCUT2D eigenvalue weighted by Gasteiger charge is -2.15. The zero-order valence-corrected chi connectivity index (χ0v) is 12.1. The van der Waals surface area contributed by atoms with Gasteiger partial charge in [0.05, 0.1) is 12.8 Å². The van der Waals surface area contributed by atoms with Gasteiger partial charge in [-0.05, 0) is 37.3 Å². The van der Waals surface area contributed by atoms with Crippen LogP contribution in [-0.4, -0.2) is 12.6 Å². The summed E-state index contributed by atoms with van der Waals surface area (Å²) < 4.78 is 25.0. The Kier molecular flexibility index (Phi) is 4.99. The highest BCUT2D eigenvalue weighted by Gasteiger charge is 2.09. The van der Waals surface area contributed by atoms with E-state index < -0.39 is 0 Å². The summed E-state index contributed by atoms with van der Waals surface area (Å²) >= 11 is 3.21. The maximum Gasteiger partial charge on any atom is 0.166 e. The van der Waals surface area contributed by atoms with E-state index in [1.807, 2.05) is 19.1 Å². The second-order valence-corrected chi connectivity index (χ2v) is 5.13. The van der Waals surface area contributed by atoms with Gasteiger partial charge in [-0.25, -0.2) is 4.39 Å². The maximum atomic E-state index is 13.6. The molecule has 1 heterocycles. The third-order valence-electron chi connectivity index (χ3n) is 2.53. The van der Waals surface area contributed by atoms with Crippen molar-refractivity contribution in [2.24, 2.45) is 0 Å². The molecule has 19 heavy (non-hydrogen) atoms. The van der Waals surface area contributed by atoms with Gasteiger partial charge in [-0.2, -0.15) is 0 Å². The van der Waals surface area contributed by atoms with Crippen LogP contribution < -0.4 is 10.1 Å². The Balaban J connectivity index is 1.79. The average Bonchev–Trinajstić information content (AvgIpc) is 2.86. The summed E-state index contributed by atoms with van der Waals surface area (Å²) in [5.74, 6) is 0.754. The molecule has 2 rings (SSSR count). The molecule has 0 amide bonds. The van der Waals surface area contributed by atoms with Gasteiger partial charge in [0, 0.05) is 11.0 Å². The van der Waals surface area contributed by atoms with Crippen molar-refractivity contribution in [1.29, 1.82) is 0 Å². The number of benzene rings is 1. The highest BCUT2D eigenvalue weighted by molar-refractivity contribution is 9.10. The minimum absolute atomic E-state index is 0.134. The normalized spacial score (nSPS) is 12.4. The fourth-order valence-electron chi connectivity index (χ4n) is 1.64. The number of rotatable bonds is 6. The molecule has 1 N–H and O–H groups in total. The molecule has 0 aliphatic rings. The van der Waals surface area contributed by atoms with Gasteiger partial charge in [-0.15, -0.1) is 0 Å². The Hall–Kier alpha value is -1.33. The topological polar surface area (TPSA) is 34.4 Å². The highest BCUT2D eigenvalue weighted by Crippen LogP contribution is 2.22. The van der Waals surface area contributed by atoms with Gasteiger partial charge in [-0.1, -0.05) is 15.9 Å². The molecule has 102 valence electrons. The van der Waals surface area contributed by atoms with Crippen molar-refractivity contribution in [3.05, 3.63) is 52.6 Å². The Bertz CT molecular complexity index is 516. The Morgan fingerprint density at radius 1 is 1.42 bits per heavy atom. The first-order valence-corrected chi connectivity index (χ1v) is 6.79. The minimum Gasteiger partial charge on any atom is -0.486 e. The third kappa shape index (κ3) is 4.36. The van der Waals surface area contributed by atoms with E-state index in [2.05, 4.69) is 21.2 Å². The summed E-state index contributed by atoms with van der Waals surface area (Å²) in [7, 11) is 0.